The Balaban J connectivity index is 2.61. The first kappa shape index (κ1) is 18.2. The number of carbonyl (C=O) groups is 2. The Morgan fingerprint density at radius 2 is 2.00 bits per heavy atom. The van der Waals surface area contributed by atoms with Gasteiger partial charge < -0.3 is 10.1 Å². The molecule has 0 radical (unpaired) electrons. The third-order valence-corrected chi connectivity index (χ3v) is 4.07. The monoisotopic (exact) mass is 327 g/mol. The van der Waals surface area contributed by atoms with E-state index in [1.165, 1.54) is 24.3 Å². The molecular formula is C15H21NO5S. The highest BCUT2D eigenvalue weighted by Gasteiger charge is 2.14. The molecule has 0 saturated carbocycles. The minimum Gasteiger partial charge on any atom is -0.452 e. The van der Waals surface area contributed by atoms with E-state index < -0.39 is 22.4 Å². The summed E-state index contributed by atoms with van der Waals surface area (Å²) in [5.41, 5.74) is 0.0948. The first-order chi connectivity index (χ1) is 10.2. The van der Waals surface area contributed by atoms with Gasteiger partial charge in [0, 0.05) is 12.3 Å². The van der Waals surface area contributed by atoms with Gasteiger partial charge in [0.1, 0.15) is 0 Å². The van der Waals surface area contributed by atoms with Crippen LogP contribution < -0.4 is 5.32 Å². The van der Waals surface area contributed by atoms with Gasteiger partial charge in [0.15, 0.2) is 16.4 Å². The number of nitrogens with one attached hydrogen (secondary N) is 1. The normalized spacial score (nSPS) is 12.5. The van der Waals surface area contributed by atoms with Crippen molar-refractivity contribution in [3.8, 4) is 0 Å². The Morgan fingerprint density at radius 1 is 1.32 bits per heavy atom. The second-order valence-electron chi connectivity index (χ2n) is 5.13. The van der Waals surface area contributed by atoms with Crippen molar-refractivity contribution in [2.24, 2.45) is 0 Å². The van der Waals surface area contributed by atoms with Crippen LogP contribution in [0.2, 0.25) is 0 Å². The lowest BCUT2D eigenvalue weighted by atomic mass is 10.2. The first-order valence-corrected chi connectivity index (χ1v) is 8.89. The van der Waals surface area contributed by atoms with Crippen LogP contribution in [0.15, 0.2) is 29.2 Å². The molecule has 0 heterocycles. The summed E-state index contributed by atoms with van der Waals surface area (Å²) in [4.78, 5) is 23.5. The van der Waals surface area contributed by atoms with E-state index in [-0.39, 0.29) is 22.4 Å². The zero-order chi connectivity index (χ0) is 16.8. The van der Waals surface area contributed by atoms with Crippen LogP contribution in [0, 0.1) is 0 Å². The molecule has 0 bridgehead atoms. The summed E-state index contributed by atoms with van der Waals surface area (Å²) in [5.74, 6) is -1.11. The highest BCUT2D eigenvalue weighted by atomic mass is 32.2. The smallest absolute Gasteiger partial charge is 0.338 e. The Labute approximate surface area is 130 Å². The molecule has 0 aliphatic carbocycles. The number of esters is 1. The fourth-order valence-corrected chi connectivity index (χ4v) is 2.56. The van der Waals surface area contributed by atoms with Gasteiger partial charge in [0.2, 0.25) is 0 Å². The van der Waals surface area contributed by atoms with Crippen LogP contribution in [0.4, 0.5) is 0 Å². The van der Waals surface area contributed by atoms with E-state index in [2.05, 4.69) is 5.32 Å². The third-order valence-electron chi connectivity index (χ3n) is 2.96. The standard InChI is InChI=1S/C15H21NO5S/c1-4-6-11(2)16-14(17)10-21-15(18)12-7-5-8-13(9-12)22(3,19)20/h5,7-9,11H,4,6,10H2,1-3H3,(H,16,17). The molecule has 0 aliphatic rings. The quantitative estimate of drug-likeness (QED) is 0.768. The number of sulfone groups is 1. The van der Waals surface area contributed by atoms with Crippen LogP contribution in [0.5, 0.6) is 0 Å². The zero-order valence-corrected chi connectivity index (χ0v) is 13.8. The van der Waals surface area contributed by atoms with E-state index in [9.17, 15) is 18.0 Å². The minimum atomic E-state index is -3.40. The SMILES string of the molecule is CCCC(C)NC(=O)COC(=O)c1cccc(S(C)(=O)=O)c1. The summed E-state index contributed by atoms with van der Waals surface area (Å²) in [5, 5.41) is 2.71. The maximum absolute atomic E-state index is 11.8. The molecule has 0 aliphatic heterocycles. The van der Waals surface area contributed by atoms with Gasteiger partial charge in [0.05, 0.1) is 10.5 Å². The van der Waals surface area contributed by atoms with Gasteiger partial charge >= 0.3 is 5.97 Å². The Kier molecular flexibility index (Phi) is 6.55. The molecule has 1 N–H and O–H groups in total. The van der Waals surface area contributed by atoms with Gasteiger partial charge in [-0.1, -0.05) is 19.4 Å². The molecule has 0 fully saturated rings. The van der Waals surface area contributed by atoms with Crippen LogP contribution in [0.1, 0.15) is 37.0 Å². The van der Waals surface area contributed by atoms with Gasteiger partial charge in [-0.15, -0.1) is 0 Å². The van der Waals surface area contributed by atoms with Crippen molar-refractivity contribution in [2.75, 3.05) is 12.9 Å². The molecular weight excluding hydrogens is 306 g/mol. The van der Waals surface area contributed by atoms with E-state index in [0.29, 0.717) is 0 Å². The van der Waals surface area contributed by atoms with Crippen molar-refractivity contribution in [2.45, 2.75) is 37.6 Å². The van der Waals surface area contributed by atoms with Gasteiger partial charge in [-0.3, -0.25) is 4.79 Å². The lowest BCUT2D eigenvalue weighted by Gasteiger charge is -2.12. The fourth-order valence-electron chi connectivity index (χ4n) is 1.89. The molecule has 6 nitrogen and oxygen atoms in total. The van der Waals surface area contributed by atoms with E-state index in [1.54, 1.807) is 0 Å². The maximum atomic E-state index is 11.8. The average Bonchev–Trinajstić information content (AvgIpc) is 2.44. The molecule has 7 heteroatoms. The van der Waals surface area contributed by atoms with Crippen LogP contribution in [-0.2, 0) is 19.4 Å². The molecule has 0 aromatic heterocycles. The summed E-state index contributed by atoms with van der Waals surface area (Å²) in [6.07, 6.45) is 2.84. The number of benzene rings is 1. The van der Waals surface area contributed by atoms with Gasteiger partial charge in [0.25, 0.3) is 5.91 Å². The summed E-state index contributed by atoms with van der Waals surface area (Å²) in [6, 6.07) is 5.54. The molecule has 1 unspecified atom stereocenters. The lowest BCUT2D eigenvalue weighted by molar-refractivity contribution is -0.124. The second kappa shape index (κ2) is 7.93. The van der Waals surface area contributed by atoms with Crippen LogP contribution >= 0.6 is 0 Å². The third kappa shape index (κ3) is 5.85. The fraction of sp³-hybridized carbons (Fsp3) is 0.467. The highest BCUT2D eigenvalue weighted by molar-refractivity contribution is 7.90. The average molecular weight is 327 g/mol. The number of hydrogen-bond acceptors (Lipinski definition) is 5. The maximum Gasteiger partial charge on any atom is 0.338 e. The Morgan fingerprint density at radius 3 is 2.59 bits per heavy atom. The van der Waals surface area contributed by atoms with E-state index >= 15 is 0 Å². The van der Waals surface area contributed by atoms with Crippen LogP contribution in [0.25, 0.3) is 0 Å². The predicted octanol–water partition coefficient (Wildman–Crippen LogP) is 1.55. The van der Waals surface area contributed by atoms with Gasteiger partial charge in [-0.2, -0.15) is 0 Å². The highest BCUT2D eigenvalue weighted by Crippen LogP contribution is 2.12. The topological polar surface area (TPSA) is 89.5 Å². The molecule has 122 valence electrons. The first-order valence-electron chi connectivity index (χ1n) is 7.00. The number of rotatable bonds is 7. The van der Waals surface area contributed by atoms with E-state index in [4.69, 9.17) is 4.74 Å². The molecule has 1 aromatic rings. The summed E-state index contributed by atoms with van der Waals surface area (Å²) >= 11 is 0. The molecule has 1 atom stereocenters. The number of ether oxygens (including phenoxy) is 1. The number of carbonyl (C=O) groups excluding carboxylic acids is 2. The number of amides is 1. The number of hydrogen-bond donors (Lipinski definition) is 1. The molecule has 1 rings (SSSR count). The molecule has 22 heavy (non-hydrogen) atoms. The van der Waals surface area contributed by atoms with E-state index in [1.807, 2.05) is 13.8 Å². The molecule has 1 amide bonds. The Hall–Kier alpha value is -1.89. The Bertz CT molecular complexity index is 639. The van der Waals surface area contributed by atoms with Crippen molar-refractivity contribution in [1.29, 1.82) is 0 Å². The van der Waals surface area contributed by atoms with Crippen LogP contribution in [0.3, 0.4) is 0 Å². The minimum absolute atomic E-state index is 0.0183. The zero-order valence-electron chi connectivity index (χ0n) is 13.0. The predicted molar refractivity (Wildman–Crippen MR) is 82.3 cm³/mol. The van der Waals surface area contributed by atoms with Crippen molar-refractivity contribution in [3.63, 3.8) is 0 Å². The summed E-state index contributed by atoms with van der Waals surface area (Å²) in [6.45, 7) is 3.49. The molecule has 0 spiro atoms. The van der Waals surface area contributed by atoms with Crippen molar-refractivity contribution in [3.05, 3.63) is 29.8 Å². The summed E-state index contributed by atoms with van der Waals surface area (Å²) in [7, 11) is -3.40. The van der Waals surface area contributed by atoms with Crippen molar-refractivity contribution < 1.29 is 22.7 Å². The van der Waals surface area contributed by atoms with Gasteiger partial charge in [-0.25, -0.2) is 13.2 Å². The second-order valence-corrected chi connectivity index (χ2v) is 7.15. The van der Waals surface area contributed by atoms with Crippen molar-refractivity contribution >= 4 is 21.7 Å². The largest absolute Gasteiger partial charge is 0.452 e. The van der Waals surface area contributed by atoms with E-state index in [0.717, 1.165) is 19.1 Å². The van der Waals surface area contributed by atoms with Crippen LogP contribution in [-0.4, -0.2) is 39.2 Å². The van der Waals surface area contributed by atoms with Gasteiger partial charge in [-0.05, 0) is 31.5 Å². The summed E-state index contributed by atoms with van der Waals surface area (Å²) < 4.78 is 27.8. The lowest BCUT2D eigenvalue weighted by Crippen LogP contribution is -2.35. The molecule has 0 saturated heterocycles. The van der Waals surface area contributed by atoms with Crippen molar-refractivity contribution in [1.82, 2.24) is 5.32 Å². The molecule has 1 aromatic carbocycles.